The van der Waals surface area contributed by atoms with Gasteiger partial charge in [0.25, 0.3) is 0 Å². The van der Waals surface area contributed by atoms with Crippen molar-refractivity contribution in [3.05, 3.63) is 36.5 Å². The molecule has 6 heteroatoms. The number of unbranched alkanes of at least 4 members (excludes halogenated alkanes) is 43. The van der Waals surface area contributed by atoms with Crippen molar-refractivity contribution in [2.45, 2.75) is 361 Å². The molecule has 0 saturated heterocycles. The van der Waals surface area contributed by atoms with Crippen LogP contribution in [0.1, 0.15) is 355 Å². The minimum absolute atomic E-state index is 0.0729. The van der Waals surface area contributed by atoms with E-state index >= 15 is 0 Å². The number of rotatable bonds is 60. The zero-order chi connectivity index (χ0) is 52.9. The molecule has 1 atom stereocenters. The van der Waals surface area contributed by atoms with Crippen molar-refractivity contribution in [1.29, 1.82) is 0 Å². The van der Waals surface area contributed by atoms with Gasteiger partial charge in [0.05, 0.1) is 0 Å². The van der Waals surface area contributed by atoms with Crippen molar-refractivity contribution in [2.75, 3.05) is 13.2 Å². The molecule has 0 aromatic heterocycles. The number of allylic oxidation sites excluding steroid dienone is 6. The smallest absolute Gasteiger partial charge is 0.306 e. The van der Waals surface area contributed by atoms with Crippen LogP contribution in [-0.2, 0) is 28.6 Å². The molecule has 0 fully saturated rings. The highest BCUT2D eigenvalue weighted by atomic mass is 16.6. The first-order valence-corrected chi connectivity index (χ1v) is 32.5. The Morgan fingerprint density at radius 2 is 0.493 bits per heavy atom. The second-order valence-corrected chi connectivity index (χ2v) is 22.0. The lowest BCUT2D eigenvalue weighted by Crippen LogP contribution is -2.30. The second-order valence-electron chi connectivity index (χ2n) is 22.0. The molecule has 0 aliphatic rings. The molecule has 0 amide bonds. The summed E-state index contributed by atoms with van der Waals surface area (Å²) in [5.41, 5.74) is 0. The van der Waals surface area contributed by atoms with E-state index in [0.29, 0.717) is 19.3 Å². The lowest BCUT2D eigenvalue weighted by atomic mass is 10.0. The van der Waals surface area contributed by atoms with Gasteiger partial charge in [-0.1, -0.05) is 295 Å². The molecule has 0 radical (unpaired) electrons. The number of carbonyl (C=O) groups excluding carboxylic acids is 3. The molecule has 0 N–H and O–H groups in total. The van der Waals surface area contributed by atoms with E-state index in [9.17, 15) is 14.4 Å². The van der Waals surface area contributed by atoms with Crippen LogP contribution in [0.15, 0.2) is 36.5 Å². The van der Waals surface area contributed by atoms with E-state index in [2.05, 4.69) is 57.2 Å². The summed E-state index contributed by atoms with van der Waals surface area (Å²) in [5, 5.41) is 0. The fourth-order valence-corrected chi connectivity index (χ4v) is 9.71. The van der Waals surface area contributed by atoms with Gasteiger partial charge in [-0.3, -0.25) is 14.4 Å². The van der Waals surface area contributed by atoms with E-state index in [1.807, 2.05) is 0 Å². The molecule has 428 valence electrons. The maximum Gasteiger partial charge on any atom is 0.306 e. The highest BCUT2D eigenvalue weighted by molar-refractivity contribution is 5.71. The third kappa shape index (κ3) is 60.4. The minimum Gasteiger partial charge on any atom is -0.462 e. The number of ether oxygens (including phenoxy) is 3. The molecule has 1 unspecified atom stereocenters. The Kier molecular flexibility index (Phi) is 60.2. The molecule has 0 saturated carbocycles. The highest BCUT2D eigenvalue weighted by Crippen LogP contribution is 2.17. The second kappa shape index (κ2) is 62.2. The normalized spacial score (nSPS) is 12.2. The van der Waals surface area contributed by atoms with E-state index in [4.69, 9.17) is 14.2 Å². The van der Waals surface area contributed by atoms with Crippen LogP contribution in [0.3, 0.4) is 0 Å². The summed E-state index contributed by atoms with van der Waals surface area (Å²) in [4.78, 5) is 38.3. The minimum atomic E-state index is -0.775. The van der Waals surface area contributed by atoms with Crippen molar-refractivity contribution in [3.8, 4) is 0 Å². The average molecular weight is 1030 g/mol. The van der Waals surface area contributed by atoms with Crippen molar-refractivity contribution < 1.29 is 28.6 Å². The Bertz CT molecular complexity index is 1220. The molecule has 0 aliphatic heterocycles. The van der Waals surface area contributed by atoms with Gasteiger partial charge in [0.2, 0.25) is 0 Å². The lowest BCUT2D eigenvalue weighted by molar-refractivity contribution is -0.167. The predicted molar refractivity (Wildman–Crippen MR) is 316 cm³/mol. The Morgan fingerprint density at radius 1 is 0.274 bits per heavy atom. The Hall–Kier alpha value is -2.37. The average Bonchev–Trinajstić information content (AvgIpc) is 3.39. The fourth-order valence-electron chi connectivity index (χ4n) is 9.71. The summed E-state index contributed by atoms with van der Waals surface area (Å²) in [6.07, 6.45) is 75.7. The van der Waals surface area contributed by atoms with Crippen LogP contribution in [0, 0.1) is 0 Å². The number of hydrogen-bond acceptors (Lipinski definition) is 6. The Balaban J connectivity index is 4.32. The van der Waals surface area contributed by atoms with Crippen LogP contribution in [0.2, 0.25) is 0 Å². The van der Waals surface area contributed by atoms with Crippen LogP contribution < -0.4 is 0 Å². The molecule has 0 aromatic rings. The summed E-state index contributed by atoms with van der Waals surface area (Å²) >= 11 is 0. The maximum absolute atomic E-state index is 12.9. The van der Waals surface area contributed by atoms with Gasteiger partial charge in [0.15, 0.2) is 6.10 Å². The topological polar surface area (TPSA) is 78.9 Å². The van der Waals surface area contributed by atoms with Crippen molar-refractivity contribution in [2.24, 2.45) is 0 Å². The highest BCUT2D eigenvalue weighted by Gasteiger charge is 2.19. The summed E-state index contributed by atoms with van der Waals surface area (Å²) in [7, 11) is 0. The zero-order valence-corrected chi connectivity index (χ0v) is 49.2. The maximum atomic E-state index is 12.9. The van der Waals surface area contributed by atoms with Crippen LogP contribution in [-0.4, -0.2) is 37.2 Å². The number of esters is 3. The quantitative estimate of drug-likeness (QED) is 0.0261. The van der Waals surface area contributed by atoms with Crippen molar-refractivity contribution in [1.82, 2.24) is 0 Å². The monoisotopic (exact) mass is 1020 g/mol. The Morgan fingerprint density at radius 3 is 0.767 bits per heavy atom. The van der Waals surface area contributed by atoms with Gasteiger partial charge in [-0.2, -0.15) is 0 Å². The van der Waals surface area contributed by atoms with Gasteiger partial charge in [-0.05, 0) is 77.0 Å². The van der Waals surface area contributed by atoms with Crippen LogP contribution >= 0.6 is 0 Å². The lowest BCUT2D eigenvalue weighted by Gasteiger charge is -2.18. The molecule has 0 spiro atoms. The van der Waals surface area contributed by atoms with Gasteiger partial charge < -0.3 is 14.2 Å². The number of carbonyl (C=O) groups is 3. The SMILES string of the molecule is CCCCCCC/C=C\C/C=C\CCCCCCCCCCCC(=O)OCC(COC(=O)CCCCCCC/C=C\CCCCCCCC)OC(=O)CCCCCCCCCCCCCCCCCCCCC. The van der Waals surface area contributed by atoms with Gasteiger partial charge in [-0.25, -0.2) is 0 Å². The first kappa shape index (κ1) is 70.6. The molecule has 6 nitrogen and oxygen atoms in total. The van der Waals surface area contributed by atoms with Gasteiger partial charge in [0, 0.05) is 19.3 Å². The van der Waals surface area contributed by atoms with Crippen molar-refractivity contribution in [3.63, 3.8) is 0 Å². The molecule has 0 rings (SSSR count). The van der Waals surface area contributed by atoms with Crippen LogP contribution in [0.4, 0.5) is 0 Å². The molecule has 0 aromatic carbocycles. The summed E-state index contributed by atoms with van der Waals surface area (Å²) < 4.78 is 16.9. The first-order valence-electron chi connectivity index (χ1n) is 32.5. The molecule has 0 bridgehead atoms. The number of hydrogen-bond donors (Lipinski definition) is 0. The van der Waals surface area contributed by atoms with Crippen LogP contribution in [0.25, 0.3) is 0 Å². The van der Waals surface area contributed by atoms with Crippen LogP contribution in [0.5, 0.6) is 0 Å². The third-order valence-corrected chi connectivity index (χ3v) is 14.6. The van der Waals surface area contributed by atoms with Crippen molar-refractivity contribution >= 4 is 17.9 Å². The van der Waals surface area contributed by atoms with E-state index in [-0.39, 0.29) is 31.1 Å². The van der Waals surface area contributed by atoms with Gasteiger partial charge in [0.1, 0.15) is 13.2 Å². The molecule has 73 heavy (non-hydrogen) atoms. The van der Waals surface area contributed by atoms with Gasteiger partial charge >= 0.3 is 17.9 Å². The predicted octanol–water partition coefficient (Wildman–Crippen LogP) is 22.0. The summed E-state index contributed by atoms with van der Waals surface area (Å²) in [5.74, 6) is -0.860. The van der Waals surface area contributed by atoms with E-state index < -0.39 is 6.10 Å². The summed E-state index contributed by atoms with van der Waals surface area (Å²) in [6, 6.07) is 0. The van der Waals surface area contributed by atoms with E-state index in [0.717, 1.165) is 70.6 Å². The van der Waals surface area contributed by atoms with E-state index in [1.165, 1.54) is 244 Å². The molecular weight excluding hydrogens is 901 g/mol. The van der Waals surface area contributed by atoms with Gasteiger partial charge in [-0.15, -0.1) is 0 Å². The molecular formula is C67H124O6. The molecule has 0 heterocycles. The zero-order valence-electron chi connectivity index (χ0n) is 49.2. The first-order chi connectivity index (χ1) is 36.0. The largest absolute Gasteiger partial charge is 0.462 e. The third-order valence-electron chi connectivity index (χ3n) is 14.6. The fraction of sp³-hybridized carbons (Fsp3) is 0.866. The summed E-state index contributed by atoms with van der Waals surface area (Å²) in [6.45, 7) is 6.68. The van der Waals surface area contributed by atoms with E-state index in [1.54, 1.807) is 0 Å². The Labute approximate surface area is 455 Å². The molecule has 0 aliphatic carbocycles. The standard InChI is InChI=1S/C67H124O6/c1-4-7-10-13-16-19-22-25-28-30-32-33-35-36-39-42-45-48-51-54-57-60-66(69)72-63-64(62-71-65(68)59-56-53-50-47-44-41-38-27-24-21-18-15-12-9-6-3)73-67(70)61-58-55-52-49-46-43-40-37-34-31-29-26-23-20-17-14-11-8-5-2/h22,25,27,30,32,38,64H,4-21,23-24,26,28-29,31,33-37,39-63H2,1-3H3/b25-22-,32-30-,38-27-.